The molecule has 0 saturated carbocycles. The lowest BCUT2D eigenvalue weighted by molar-refractivity contribution is 0.206. The number of nitrogens with one attached hydrogen (secondary N) is 1. The maximum atomic E-state index is 13.0. The summed E-state index contributed by atoms with van der Waals surface area (Å²) in [5.41, 5.74) is 3.59. The Morgan fingerprint density at radius 3 is 2.92 bits per heavy atom. The van der Waals surface area contributed by atoms with Gasteiger partial charge in [-0.15, -0.1) is 22.7 Å². The van der Waals surface area contributed by atoms with E-state index in [0.29, 0.717) is 0 Å². The molecule has 0 radical (unpaired) electrons. The topological polar surface area (TPSA) is 58.1 Å². The number of aromatic nitrogens is 2. The molecule has 0 bridgehead atoms. The number of rotatable bonds is 3. The molecule has 2 amide bonds. The molecule has 7 heteroatoms. The Balaban J connectivity index is 1.57. The molecule has 0 spiro atoms. The summed E-state index contributed by atoms with van der Waals surface area (Å²) in [7, 11) is 0. The van der Waals surface area contributed by atoms with Crippen LogP contribution >= 0.6 is 22.7 Å². The fraction of sp³-hybridized carbons (Fsp3) is 0.316. The zero-order valence-corrected chi connectivity index (χ0v) is 16.4. The third-order valence-electron chi connectivity index (χ3n) is 4.55. The van der Waals surface area contributed by atoms with Gasteiger partial charge in [0.2, 0.25) is 0 Å². The van der Waals surface area contributed by atoms with Crippen LogP contribution in [-0.2, 0) is 0 Å². The van der Waals surface area contributed by atoms with E-state index in [-0.39, 0.29) is 12.1 Å². The van der Waals surface area contributed by atoms with Crippen molar-refractivity contribution in [1.82, 2.24) is 14.9 Å². The van der Waals surface area contributed by atoms with Crippen molar-refractivity contribution in [3.05, 3.63) is 50.7 Å². The van der Waals surface area contributed by atoms with Gasteiger partial charge in [0.15, 0.2) is 0 Å². The van der Waals surface area contributed by atoms with Crippen molar-refractivity contribution in [2.45, 2.75) is 32.7 Å². The molecule has 1 aliphatic heterocycles. The number of hydrogen-bond donors (Lipinski definition) is 1. The van der Waals surface area contributed by atoms with Gasteiger partial charge in [0.25, 0.3) is 0 Å². The van der Waals surface area contributed by atoms with E-state index in [4.69, 9.17) is 0 Å². The number of carbonyl (C=O) groups is 1. The van der Waals surface area contributed by atoms with E-state index < -0.39 is 0 Å². The highest BCUT2D eigenvalue weighted by atomic mass is 32.1. The molecular formula is C19H20N4OS2. The molecule has 4 rings (SSSR count). The number of anilines is 1. The van der Waals surface area contributed by atoms with Gasteiger partial charge in [-0.05, 0) is 44.9 Å². The first kappa shape index (κ1) is 17.2. The van der Waals surface area contributed by atoms with Gasteiger partial charge < -0.3 is 10.2 Å². The molecule has 1 aliphatic rings. The Bertz CT molecular complexity index is 933. The number of amides is 2. The predicted octanol–water partition coefficient (Wildman–Crippen LogP) is 5.25. The minimum Gasteiger partial charge on any atom is -0.316 e. The Morgan fingerprint density at radius 1 is 1.31 bits per heavy atom. The number of aryl methyl sites for hydroxylation is 2. The van der Waals surface area contributed by atoms with Crippen molar-refractivity contribution < 1.29 is 4.79 Å². The normalized spacial score (nSPS) is 16.8. The molecule has 1 N–H and O–H groups in total. The molecule has 0 aromatic carbocycles. The third kappa shape index (κ3) is 3.37. The van der Waals surface area contributed by atoms with Gasteiger partial charge in [-0.1, -0.05) is 0 Å². The summed E-state index contributed by atoms with van der Waals surface area (Å²) >= 11 is 3.31. The second-order valence-electron chi connectivity index (χ2n) is 6.42. The maximum Gasteiger partial charge on any atom is 0.322 e. The number of urea groups is 1. The lowest BCUT2D eigenvalue weighted by Gasteiger charge is -2.24. The summed E-state index contributed by atoms with van der Waals surface area (Å²) in [4.78, 5) is 25.1. The zero-order chi connectivity index (χ0) is 18.1. The van der Waals surface area contributed by atoms with Crippen molar-refractivity contribution in [2.75, 3.05) is 11.9 Å². The van der Waals surface area contributed by atoms with Crippen molar-refractivity contribution in [1.29, 1.82) is 0 Å². The molecule has 1 atom stereocenters. The number of hydrogen-bond acceptors (Lipinski definition) is 5. The molecule has 26 heavy (non-hydrogen) atoms. The van der Waals surface area contributed by atoms with E-state index in [0.717, 1.165) is 47.0 Å². The van der Waals surface area contributed by atoms with Gasteiger partial charge in [-0.3, -0.25) is 4.98 Å². The van der Waals surface area contributed by atoms with Crippen LogP contribution in [0.25, 0.3) is 11.3 Å². The highest BCUT2D eigenvalue weighted by Crippen LogP contribution is 2.34. The van der Waals surface area contributed by atoms with Crippen molar-refractivity contribution in [3.63, 3.8) is 0 Å². The molecule has 1 saturated heterocycles. The van der Waals surface area contributed by atoms with Crippen molar-refractivity contribution in [3.8, 4) is 11.3 Å². The van der Waals surface area contributed by atoms with E-state index in [1.807, 2.05) is 24.0 Å². The smallest absolute Gasteiger partial charge is 0.316 e. The summed E-state index contributed by atoms with van der Waals surface area (Å²) in [6, 6.07) is 5.83. The quantitative estimate of drug-likeness (QED) is 0.671. The lowest BCUT2D eigenvalue weighted by Crippen LogP contribution is -2.34. The minimum atomic E-state index is -0.0839. The van der Waals surface area contributed by atoms with Crippen molar-refractivity contribution >= 4 is 34.4 Å². The Labute approximate surface area is 160 Å². The summed E-state index contributed by atoms with van der Waals surface area (Å²) in [5.74, 6) is 0. The average Bonchev–Trinajstić information content (AvgIpc) is 3.35. The summed E-state index contributed by atoms with van der Waals surface area (Å²) in [6.45, 7) is 4.82. The molecule has 0 aliphatic carbocycles. The van der Waals surface area contributed by atoms with Crippen LogP contribution in [0.5, 0.6) is 0 Å². The first-order valence-electron chi connectivity index (χ1n) is 8.62. The minimum absolute atomic E-state index is 0.0588. The third-order valence-corrected chi connectivity index (χ3v) is 6.20. The van der Waals surface area contributed by atoms with E-state index in [9.17, 15) is 4.79 Å². The largest absolute Gasteiger partial charge is 0.322 e. The zero-order valence-electron chi connectivity index (χ0n) is 14.7. The second-order valence-corrected chi connectivity index (χ2v) is 8.60. The number of thiophene rings is 1. The Morgan fingerprint density at radius 2 is 2.19 bits per heavy atom. The summed E-state index contributed by atoms with van der Waals surface area (Å²) in [6.07, 6.45) is 3.72. The fourth-order valence-corrected chi connectivity index (χ4v) is 4.69. The van der Waals surface area contributed by atoms with Crippen LogP contribution in [0.1, 0.15) is 34.5 Å². The van der Waals surface area contributed by atoms with Crippen LogP contribution in [0.2, 0.25) is 0 Å². The first-order valence-corrected chi connectivity index (χ1v) is 10.4. The molecule has 3 aromatic rings. The highest BCUT2D eigenvalue weighted by Gasteiger charge is 2.31. The van der Waals surface area contributed by atoms with Crippen LogP contribution in [0.15, 0.2) is 35.2 Å². The lowest BCUT2D eigenvalue weighted by atomic mass is 10.1. The van der Waals surface area contributed by atoms with E-state index >= 15 is 0 Å². The van der Waals surface area contributed by atoms with Gasteiger partial charge in [0.05, 0.1) is 28.1 Å². The van der Waals surface area contributed by atoms with Crippen LogP contribution in [0, 0.1) is 13.8 Å². The predicted molar refractivity (Wildman–Crippen MR) is 107 cm³/mol. The SMILES string of the molecule is Cc1cc(-c2ncccc2NC(=O)N2CCCC2c2csc(C)n2)cs1. The number of likely N-dealkylation sites (tertiary alicyclic amines) is 1. The van der Waals surface area contributed by atoms with E-state index in [2.05, 4.69) is 39.0 Å². The van der Waals surface area contributed by atoms with Gasteiger partial charge >= 0.3 is 6.03 Å². The maximum absolute atomic E-state index is 13.0. The number of carbonyl (C=O) groups excluding carboxylic acids is 1. The van der Waals surface area contributed by atoms with Crippen LogP contribution in [0.4, 0.5) is 10.5 Å². The van der Waals surface area contributed by atoms with Crippen LogP contribution < -0.4 is 5.32 Å². The summed E-state index contributed by atoms with van der Waals surface area (Å²) < 4.78 is 0. The molecule has 4 heterocycles. The van der Waals surface area contributed by atoms with Gasteiger partial charge in [0.1, 0.15) is 0 Å². The molecular weight excluding hydrogens is 364 g/mol. The molecule has 5 nitrogen and oxygen atoms in total. The van der Waals surface area contributed by atoms with Gasteiger partial charge in [-0.2, -0.15) is 0 Å². The Hall–Kier alpha value is -2.25. The second kappa shape index (κ2) is 7.17. The highest BCUT2D eigenvalue weighted by molar-refractivity contribution is 7.10. The number of thiazole rings is 1. The molecule has 134 valence electrons. The standard InChI is InChI=1S/C19H20N4OS2/c1-12-9-14(10-25-12)18-15(5-3-7-20-18)22-19(24)23-8-4-6-17(23)16-11-26-13(2)21-16/h3,5,7,9-11,17H,4,6,8H2,1-2H3,(H,22,24). The number of pyridine rings is 1. The fourth-order valence-electron chi connectivity index (χ4n) is 3.34. The number of nitrogens with zero attached hydrogens (tertiary/aromatic N) is 3. The Kier molecular flexibility index (Phi) is 4.74. The van der Waals surface area contributed by atoms with Crippen molar-refractivity contribution in [2.24, 2.45) is 0 Å². The van der Waals surface area contributed by atoms with Crippen LogP contribution in [-0.4, -0.2) is 27.4 Å². The molecule has 3 aromatic heterocycles. The molecule has 1 fully saturated rings. The van der Waals surface area contributed by atoms with Gasteiger partial charge in [0, 0.05) is 33.9 Å². The van der Waals surface area contributed by atoms with E-state index in [1.54, 1.807) is 28.9 Å². The first-order chi connectivity index (χ1) is 12.6. The van der Waals surface area contributed by atoms with Gasteiger partial charge in [-0.25, -0.2) is 9.78 Å². The van der Waals surface area contributed by atoms with E-state index in [1.165, 1.54) is 4.88 Å². The monoisotopic (exact) mass is 384 g/mol. The summed E-state index contributed by atoms with van der Waals surface area (Å²) in [5, 5.41) is 8.25. The average molecular weight is 385 g/mol. The molecule has 1 unspecified atom stereocenters. The van der Waals surface area contributed by atoms with Crippen LogP contribution in [0.3, 0.4) is 0 Å².